The fraction of sp³-hybridized carbons (Fsp3) is 0.269. The summed E-state index contributed by atoms with van der Waals surface area (Å²) in [6, 6.07) is 9.64. The normalized spacial score (nSPS) is 15.0. The number of benzene rings is 2. The first-order valence-corrected chi connectivity index (χ1v) is 13.0. The van der Waals surface area contributed by atoms with Gasteiger partial charge in [0.1, 0.15) is 24.8 Å². The van der Waals surface area contributed by atoms with Crippen molar-refractivity contribution >= 4 is 29.6 Å². The van der Waals surface area contributed by atoms with Gasteiger partial charge in [-0.1, -0.05) is 35.0 Å². The van der Waals surface area contributed by atoms with Gasteiger partial charge in [0.15, 0.2) is 5.96 Å². The van der Waals surface area contributed by atoms with Gasteiger partial charge in [-0.3, -0.25) is 14.7 Å². The lowest BCUT2D eigenvalue weighted by Gasteiger charge is -2.31. The molecule has 4 aromatic rings. The second-order valence-electron chi connectivity index (χ2n) is 9.46. The Morgan fingerprint density at radius 2 is 2.00 bits per heavy atom. The molecule has 2 heterocycles. The van der Waals surface area contributed by atoms with E-state index in [-0.39, 0.29) is 29.4 Å². The monoisotopic (exact) mass is 617 g/mol. The maximum absolute atomic E-state index is 13.9. The summed E-state index contributed by atoms with van der Waals surface area (Å²) in [4.78, 5) is 39.4. The largest absolute Gasteiger partial charge is 0.447 e. The van der Waals surface area contributed by atoms with E-state index in [4.69, 9.17) is 26.6 Å². The van der Waals surface area contributed by atoms with Crippen LogP contribution in [0, 0.1) is 0 Å². The van der Waals surface area contributed by atoms with Crippen LogP contribution in [-0.2, 0) is 4.74 Å². The second-order valence-corrected chi connectivity index (χ2v) is 9.87. The highest BCUT2D eigenvalue weighted by Gasteiger charge is 2.64. The molecule has 0 unspecified atom stereocenters. The second kappa shape index (κ2) is 11.7. The zero-order valence-electron chi connectivity index (χ0n) is 22.3. The lowest BCUT2D eigenvalue weighted by Crippen LogP contribution is -2.49. The Morgan fingerprint density at radius 1 is 1.26 bits per heavy atom. The zero-order chi connectivity index (χ0) is 30.8. The summed E-state index contributed by atoms with van der Waals surface area (Å²) >= 11 is 6.39. The predicted molar refractivity (Wildman–Crippen MR) is 145 cm³/mol. The quantitative estimate of drug-likeness (QED) is 0.220. The molecular formula is C26H23ClF3N9O4. The van der Waals surface area contributed by atoms with Gasteiger partial charge in [0.05, 0.1) is 16.8 Å². The Labute approximate surface area is 246 Å². The molecule has 2 aromatic heterocycles. The Hall–Kier alpha value is -4.99. The number of nitrogens with zero attached hydrogens (tertiary/aromatic N) is 7. The Bertz CT molecular complexity index is 1620. The first-order valence-electron chi connectivity index (χ1n) is 12.6. The molecule has 2 amide bonds. The summed E-state index contributed by atoms with van der Waals surface area (Å²) in [7, 11) is 1.35. The van der Waals surface area contributed by atoms with Gasteiger partial charge in [-0.25, -0.2) is 14.5 Å². The van der Waals surface area contributed by atoms with E-state index in [0.717, 1.165) is 11.3 Å². The Morgan fingerprint density at radius 3 is 2.58 bits per heavy atom. The molecule has 1 aliphatic carbocycles. The van der Waals surface area contributed by atoms with E-state index in [0.29, 0.717) is 22.6 Å². The topological polar surface area (TPSA) is 167 Å². The summed E-state index contributed by atoms with van der Waals surface area (Å²) in [5.74, 6) is -0.604. The van der Waals surface area contributed by atoms with E-state index in [9.17, 15) is 22.8 Å². The van der Waals surface area contributed by atoms with Gasteiger partial charge in [0.2, 0.25) is 12.2 Å². The molecule has 0 aliphatic heterocycles. The number of hydrogen-bond acceptors (Lipinski definition) is 9. The van der Waals surface area contributed by atoms with Crippen molar-refractivity contribution < 1.29 is 32.0 Å². The van der Waals surface area contributed by atoms with Crippen molar-refractivity contribution in [1.82, 2.24) is 35.1 Å². The van der Waals surface area contributed by atoms with Crippen LogP contribution in [0.25, 0.3) is 17.1 Å². The summed E-state index contributed by atoms with van der Waals surface area (Å²) in [6.07, 6.45) is -2.66. The Kier molecular flexibility index (Phi) is 8.04. The first-order chi connectivity index (χ1) is 20.5. The number of guanidine groups is 1. The van der Waals surface area contributed by atoms with Crippen molar-refractivity contribution in [3.05, 3.63) is 77.7 Å². The van der Waals surface area contributed by atoms with E-state index < -0.39 is 36.4 Å². The molecule has 13 nitrogen and oxygen atoms in total. The summed E-state index contributed by atoms with van der Waals surface area (Å²) in [5.41, 5.74) is 5.30. The molecule has 1 atom stereocenters. The number of aromatic nitrogens is 5. The van der Waals surface area contributed by atoms with Crippen molar-refractivity contribution in [2.45, 2.75) is 30.6 Å². The number of nitrogens with two attached hydrogens (primary N) is 1. The van der Waals surface area contributed by atoms with Crippen LogP contribution in [0.15, 0.2) is 71.0 Å². The number of alkyl carbamates (subject to hydrolysis) is 1. The summed E-state index contributed by atoms with van der Waals surface area (Å²) in [6.45, 7) is -0.596. The van der Waals surface area contributed by atoms with Gasteiger partial charge >= 0.3 is 12.3 Å². The fourth-order valence-electron chi connectivity index (χ4n) is 4.27. The van der Waals surface area contributed by atoms with E-state index >= 15 is 0 Å². The van der Waals surface area contributed by atoms with Crippen LogP contribution in [-0.4, -0.2) is 73.1 Å². The number of carbonyl (C=O) groups is 2. The Balaban J connectivity index is 1.49. The molecule has 3 N–H and O–H groups in total. The number of rotatable bonds is 8. The predicted octanol–water partition coefficient (Wildman–Crippen LogP) is 3.92. The van der Waals surface area contributed by atoms with Crippen molar-refractivity contribution in [3.8, 4) is 17.1 Å². The van der Waals surface area contributed by atoms with Crippen molar-refractivity contribution in [2.24, 2.45) is 10.7 Å². The van der Waals surface area contributed by atoms with Crippen LogP contribution in [0.2, 0.25) is 5.02 Å². The standard InChI is InChI=1S/C26H23ClF3N9O4/c1-32-23(31)39(22(40)16-4-2-15(3-5-16)21-34-14-43-37-21)20(11-42-24(41)36-25(8-9-25)26(28,29)30)17-6-7-18(27)19(10-17)38-13-33-12-35-38/h2-7,10,12-14,20H,8-9,11H2,1H3,(H2,31,32)(H,36,41)/t20-/m1/s1. The summed E-state index contributed by atoms with van der Waals surface area (Å²) < 4.78 is 51.7. The number of ether oxygens (including phenoxy) is 1. The highest BCUT2D eigenvalue weighted by atomic mass is 35.5. The van der Waals surface area contributed by atoms with E-state index in [2.05, 4.69) is 25.2 Å². The van der Waals surface area contributed by atoms with Gasteiger partial charge in [0.25, 0.3) is 5.91 Å². The van der Waals surface area contributed by atoms with Gasteiger partial charge in [-0.2, -0.15) is 23.3 Å². The molecule has 0 radical (unpaired) electrons. The number of amides is 2. The fourth-order valence-corrected chi connectivity index (χ4v) is 4.47. The maximum Gasteiger partial charge on any atom is 0.411 e. The molecule has 17 heteroatoms. The number of nitrogens with one attached hydrogen (secondary N) is 1. The number of halogens is 4. The van der Waals surface area contributed by atoms with Crippen LogP contribution < -0.4 is 11.1 Å². The van der Waals surface area contributed by atoms with E-state index in [1.54, 1.807) is 24.3 Å². The van der Waals surface area contributed by atoms with Crippen LogP contribution in [0.5, 0.6) is 0 Å². The number of carbonyl (C=O) groups excluding carboxylic acids is 2. The minimum absolute atomic E-state index is 0.160. The van der Waals surface area contributed by atoms with E-state index in [1.165, 1.54) is 42.6 Å². The molecule has 1 saturated carbocycles. The SMILES string of the molecule is CN=C(N)N(C(=O)c1ccc(-c2ncon2)cc1)[C@H](COC(=O)NC1(C(F)(F)F)CC1)c1ccc(Cl)c(-n2cncn2)c1. The van der Waals surface area contributed by atoms with Gasteiger partial charge < -0.3 is 20.3 Å². The molecule has 5 rings (SSSR count). The highest BCUT2D eigenvalue weighted by Crippen LogP contribution is 2.49. The molecule has 0 spiro atoms. The number of alkyl halides is 3. The third-order valence-corrected chi connectivity index (χ3v) is 7.10. The highest BCUT2D eigenvalue weighted by molar-refractivity contribution is 6.32. The van der Waals surface area contributed by atoms with Gasteiger partial charge in [-0.15, -0.1) is 0 Å². The molecule has 0 bridgehead atoms. The van der Waals surface area contributed by atoms with Crippen molar-refractivity contribution in [2.75, 3.05) is 13.7 Å². The molecule has 0 saturated heterocycles. The maximum atomic E-state index is 13.9. The lowest BCUT2D eigenvalue weighted by atomic mass is 10.0. The molecule has 1 fully saturated rings. The van der Waals surface area contributed by atoms with Crippen LogP contribution in [0.3, 0.4) is 0 Å². The van der Waals surface area contributed by atoms with Gasteiger partial charge in [-0.05, 0) is 42.7 Å². The van der Waals surface area contributed by atoms with E-state index in [1.807, 2.05) is 5.32 Å². The first kappa shape index (κ1) is 29.5. The average Bonchev–Trinajstić information content (AvgIpc) is 3.36. The smallest absolute Gasteiger partial charge is 0.411 e. The third-order valence-electron chi connectivity index (χ3n) is 6.78. The lowest BCUT2D eigenvalue weighted by molar-refractivity contribution is -0.164. The number of hydrogen-bond donors (Lipinski definition) is 2. The minimum atomic E-state index is -4.65. The van der Waals surface area contributed by atoms with Gasteiger partial charge in [0, 0.05) is 18.2 Å². The molecule has 1 aliphatic rings. The average molecular weight is 618 g/mol. The molecule has 224 valence electrons. The molecular weight excluding hydrogens is 595 g/mol. The van der Waals surface area contributed by atoms with Crippen LogP contribution >= 0.6 is 11.6 Å². The minimum Gasteiger partial charge on any atom is -0.447 e. The van der Waals surface area contributed by atoms with Crippen molar-refractivity contribution in [3.63, 3.8) is 0 Å². The third kappa shape index (κ3) is 6.13. The number of aliphatic imine (C=N–C) groups is 1. The molecule has 2 aromatic carbocycles. The van der Waals surface area contributed by atoms with Crippen LogP contribution in [0.4, 0.5) is 18.0 Å². The zero-order valence-corrected chi connectivity index (χ0v) is 23.1. The molecule has 43 heavy (non-hydrogen) atoms. The van der Waals surface area contributed by atoms with Crippen molar-refractivity contribution in [1.29, 1.82) is 0 Å². The van der Waals surface area contributed by atoms with Crippen LogP contribution in [0.1, 0.15) is 34.8 Å². The summed E-state index contributed by atoms with van der Waals surface area (Å²) in [5, 5.41) is 10.0.